The van der Waals surface area contributed by atoms with Crippen molar-refractivity contribution in [2.24, 2.45) is 0 Å². The molecule has 0 aliphatic heterocycles. The topological polar surface area (TPSA) is 60.5 Å². The first-order valence-electron chi connectivity index (χ1n) is 7.37. The molecule has 0 fully saturated rings. The van der Waals surface area contributed by atoms with Crippen molar-refractivity contribution in [3.8, 4) is 11.5 Å². The molecule has 0 bridgehead atoms. The van der Waals surface area contributed by atoms with Crippen molar-refractivity contribution in [1.82, 2.24) is 4.98 Å². The van der Waals surface area contributed by atoms with E-state index in [1.165, 1.54) is 0 Å². The third-order valence-electron chi connectivity index (χ3n) is 2.90. The minimum Gasteiger partial charge on any atom is -0.494 e. The van der Waals surface area contributed by atoms with E-state index in [1.807, 2.05) is 30.5 Å². The van der Waals surface area contributed by atoms with Gasteiger partial charge in [-0.1, -0.05) is 6.92 Å². The van der Waals surface area contributed by atoms with Crippen LogP contribution in [0, 0.1) is 0 Å². The molecule has 1 aromatic carbocycles. The highest BCUT2D eigenvalue weighted by Gasteiger charge is 2.04. The zero-order valence-electron chi connectivity index (χ0n) is 13.2. The second-order valence-corrected chi connectivity index (χ2v) is 5.57. The van der Waals surface area contributed by atoms with Crippen molar-refractivity contribution in [2.75, 3.05) is 24.8 Å². The molecule has 6 heteroatoms. The van der Waals surface area contributed by atoms with Crippen LogP contribution in [-0.4, -0.2) is 30.4 Å². The second-order valence-electron chi connectivity index (χ2n) is 4.75. The number of carbonyl (C=O) groups is 1. The van der Waals surface area contributed by atoms with Crippen molar-refractivity contribution in [3.63, 3.8) is 0 Å². The van der Waals surface area contributed by atoms with Crippen molar-refractivity contribution in [2.45, 2.75) is 18.4 Å². The van der Waals surface area contributed by atoms with Crippen LogP contribution in [0.5, 0.6) is 11.5 Å². The summed E-state index contributed by atoms with van der Waals surface area (Å²) < 4.78 is 10.9. The first-order valence-corrected chi connectivity index (χ1v) is 8.59. The lowest BCUT2D eigenvalue weighted by Gasteiger charge is -2.09. The Morgan fingerprint density at radius 3 is 2.39 bits per heavy atom. The van der Waals surface area contributed by atoms with Gasteiger partial charge in [-0.3, -0.25) is 4.79 Å². The third-order valence-corrected chi connectivity index (χ3v) is 3.56. The molecule has 0 aliphatic carbocycles. The van der Waals surface area contributed by atoms with Crippen LogP contribution in [0.25, 0.3) is 0 Å². The molecular weight excluding hydrogens is 312 g/mol. The summed E-state index contributed by atoms with van der Waals surface area (Å²) in [5, 5.41) is 3.65. The Hall–Kier alpha value is -2.21. The molecule has 23 heavy (non-hydrogen) atoms. The van der Waals surface area contributed by atoms with E-state index in [-0.39, 0.29) is 12.5 Å². The fourth-order valence-electron chi connectivity index (χ4n) is 1.77. The summed E-state index contributed by atoms with van der Waals surface area (Å²) in [6.07, 6.45) is 4.54. The van der Waals surface area contributed by atoms with Gasteiger partial charge in [0.25, 0.3) is 5.91 Å². The highest BCUT2D eigenvalue weighted by Crippen LogP contribution is 2.18. The van der Waals surface area contributed by atoms with E-state index in [4.69, 9.17) is 9.47 Å². The Labute approximate surface area is 140 Å². The molecule has 5 nitrogen and oxygen atoms in total. The van der Waals surface area contributed by atoms with Gasteiger partial charge in [0.15, 0.2) is 6.61 Å². The number of hydrogen-bond acceptors (Lipinski definition) is 5. The number of nitrogens with one attached hydrogen (secondary N) is 1. The van der Waals surface area contributed by atoms with Gasteiger partial charge in [-0.2, -0.15) is 0 Å². The maximum absolute atomic E-state index is 11.9. The summed E-state index contributed by atoms with van der Waals surface area (Å²) in [7, 11) is 0. The first kappa shape index (κ1) is 17.1. The Morgan fingerprint density at radius 1 is 1.13 bits per heavy atom. The molecule has 0 radical (unpaired) electrons. The van der Waals surface area contributed by atoms with Gasteiger partial charge in [0.05, 0.1) is 23.5 Å². The molecule has 0 aliphatic rings. The fraction of sp³-hybridized carbons (Fsp3) is 0.294. The number of hydrogen-bond donors (Lipinski definition) is 1. The molecule has 1 heterocycles. The molecule has 0 saturated carbocycles. The number of carbonyl (C=O) groups excluding carboxylic acids is 1. The van der Waals surface area contributed by atoms with E-state index < -0.39 is 0 Å². The second kappa shape index (κ2) is 9.05. The van der Waals surface area contributed by atoms with E-state index in [2.05, 4.69) is 17.2 Å². The van der Waals surface area contributed by atoms with E-state index in [0.29, 0.717) is 18.0 Å². The Balaban J connectivity index is 1.79. The van der Waals surface area contributed by atoms with Gasteiger partial charge in [0.1, 0.15) is 11.5 Å². The fourth-order valence-corrected chi connectivity index (χ4v) is 2.14. The lowest BCUT2D eigenvalue weighted by atomic mass is 10.3. The van der Waals surface area contributed by atoms with Crippen molar-refractivity contribution >= 4 is 23.4 Å². The molecule has 0 atom stereocenters. The van der Waals surface area contributed by atoms with Crippen LogP contribution in [0.4, 0.5) is 5.69 Å². The number of ether oxygens (including phenoxy) is 2. The third kappa shape index (κ3) is 5.83. The molecule has 122 valence electrons. The van der Waals surface area contributed by atoms with Crippen LogP contribution in [0.15, 0.2) is 47.6 Å². The van der Waals surface area contributed by atoms with Crippen LogP contribution in [-0.2, 0) is 4.79 Å². The lowest BCUT2D eigenvalue weighted by molar-refractivity contribution is -0.118. The van der Waals surface area contributed by atoms with E-state index in [9.17, 15) is 4.79 Å². The summed E-state index contributed by atoms with van der Waals surface area (Å²) >= 11 is 1.55. The van der Waals surface area contributed by atoms with Gasteiger partial charge in [0, 0.05) is 0 Å². The van der Waals surface area contributed by atoms with Gasteiger partial charge in [-0.05, 0) is 49.1 Å². The van der Waals surface area contributed by atoms with E-state index in [1.54, 1.807) is 30.1 Å². The number of rotatable bonds is 8. The zero-order valence-corrected chi connectivity index (χ0v) is 14.1. The van der Waals surface area contributed by atoms with Crippen LogP contribution >= 0.6 is 11.8 Å². The summed E-state index contributed by atoms with van der Waals surface area (Å²) in [6.45, 7) is 2.69. The van der Waals surface area contributed by atoms with Gasteiger partial charge in [0.2, 0.25) is 0 Å². The number of pyridine rings is 1. The minimum absolute atomic E-state index is 0.0561. The highest BCUT2D eigenvalue weighted by molar-refractivity contribution is 7.98. The molecule has 2 rings (SSSR count). The lowest BCUT2D eigenvalue weighted by Crippen LogP contribution is -2.20. The Morgan fingerprint density at radius 2 is 1.83 bits per heavy atom. The summed E-state index contributed by atoms with van der Waals surface area (Å²) in [5.41, 5.74) is 0.653. The molecule has 1 N–H and O–H groups in total. The molecule has 1 aromatic heterocycles. The summed E-state index contributed by atoms with van der Waals surface area (Å²) in [6, 6.07) is 10.9. The number of benzene rings is 1. The number of nitrogens with zero attached hydrogens (tertiary/aromatic N) is 1. The van der Waals surface area contributed by atoms with Crippen LogP contribution < -0.4 is 14.8 Å². The van der Waals surface area contributed by atoms with Crippen LogP contribution in [0.3, 0.4) is 0 Å². The predicted octanol–water partition coefficient (Wildman–Crippen LogP) is 3.61. The first-order chi connectivity index (χ1) is 11.2. The number of anilines is 1. The van der Waals surface area contributed by atoms with Crippen molar-refractivity contribution < 1.29 is 14.3 Å². The molecule has 0 unspecified atom stereocenters. The zero-order chi connectivity index (χ0) is 16.5. The molecule has 0 saturated heterocycles. The maximum Gasteiger partial charge on any atom is 0.262 e. The average Bonchev–Trinajstić information content (AvgIpc) is 2.59. The number of aromatic nitrogens is 1. The van der Waals surface area contributed by atoms with Crippen molar-refractivity contribution in [1.29, 1.82) is 0 Å². The number of amides is 1. The van der Waals surface area contributed by atoms with Gasteiger partial charge < -0.3 is 14.8 Å². The predicted molar refractivity (Wildman–Crippen MR) is 92.4 cm³/mol. The van der Waals surface area contributed by atoms with E-state index >= 15 is 0 Å². The van der Waals surface area contributed by atoms with Gasteiger partial charge in [-0.15, -0.1) is 11.8 Å². The largest absolute Gasteiger partial charge is 0.494 e. The summed E-state index contributed by atoms with van der Waals surface area (Å²) in [5.74, 6) is 1.19. The molecule has 0 spiro atoms. The Bertz CT molecular complexity index is 615. The normalized spacial score (nSPS) is 10.2. The van der Waals surface area contributed by atoms with Gasteiger partial charge >= 0.3 is 0 Å². The smallest absolute Gasteiger partial charge is 0.262 e. The Kier molecular flexibility index (Phi) is 6.75. The van der Waals surface area contributed by atoms with Crippen LogP contribution in [0.1, 0.15) is 13.3 Å². The van der Waals surface area contributed by atoms with E-state index in [0.717, 1.165) is 17.2 Å². The monoisotopic (exact) mass is 332 g/mol. The summed E-state index contributed by atoms with van der Waals surface area (Å²) in [4.78, 5) is 16.1. The molecule has 1 amide bonds. The molecular formula is C17H20N2O3S. The van der Waals surface area contributed by atoms with Crippen LogP contribution in [0.2, 0.25) is 0 Å². The SMILES string of the molecule is CCCOc1ccc(OCC(=O)Nc2ccc(SC)nc2)cc1. The van der Waals surface area contributed by atoms with Crippen molar-refractivity contribution in [3.05, 3.63) is 42.6 Å². The average molecular weight is 332 g/mol. The number of thioether (sulfide) groups is 1. The maximum atomic E-state index is 11.9. The standard InChI is InChI=1S/C17H20N2O3S/c1-3-10-21-14-5-7-15(8-6-14)22-12-16(20)19-13-4-9-17(23-2)18-11-13/h4-9,11H,3,10,12H2,1-2H3,(H,19,20). The minimum atomic E-state index is -0.227. The quantitative estimate of drug-likeness (QED) is 0.748. The van der Waals surface area contributed by atoms with Gasteiger partial charge in [-0.25, -0.2) is 4.98 Å². The highest BCUT2D eigenvalue weighted by atomic mass is 32.2. The molecule has 2 aromatic rings.